The van der Waals surface area contributed by atoms with E-state index in [1.54, 1.807) is 30.7 Å². The van der Waals surface area contributed by atoms with Gasteiger partial charge < -0.3 is 39.6 Å². The van der Waals surface area contributed by atoms with Gasteiger partial charge in [0, 0.05) is 87.7 Å². The number of aromatic hydroxyl groups is 1. The molecular formula is C49H61N9O6S. The fourth-order valence-electron chi connectivity index (χ4n) is 10.9. The zero-order chi connectivity index (χ0) is 44.9. The van der Waals surface area contributed by atoms with Crippen LogP contribution in [0.1, 0.15) is 92.4 Å². The molecule has 0 bridgehead atoms. The molecule has 4 fully saturated rings. The van der Waals surface area contributed by atoms with Crippen LogP contribution in [0.2, 0.25) is 0 Å². The van der Waals surface area contributed by atoms with Gasteiger partial charge in [-0.3, -0.25) is 9.69 Å². The summed E-state index contributed by atoms with van der Waals surface area (Å²) < 4.78 is 42.2. The molecule has 1 spiro atoms. The third-order valence-corrected chi connectivity index (χ3v) is 16.0. The van der Waals surface area contributed by atoms with Crippen LogP contribution in [0.5, 0.6) is 23.0 Å². The molecule has 16 heteroatoms. The van der Waals surface area contributed by atoms with Crippen molar-refractivity contribution in [3.63, 3.8) is 0 Å². The number of pyridine rings is 2. The van der Waals surface area contributed by atoms with Crippen LogP contribution in [0.25, 0.3) is 11.0 Å². The van der Waals surface area contributed by atoms with E-state index < -0.39 is 15.9 Å². The van der Waals surface area contributed by atoms with Gasteiger partial charge in [-0.05, 0) is 93.1 Å². The van der Waals surface area contributed by atoms with Gasteiger partial charge in [0.25, 0.3) is 15.9 Å². The Labute approximate surface area is 381 Å². The Hall–Kier alpha value is -5.42. The topological polar surface area (TPSA) is 168 Å². The number of likely N-dealkylation sites (N-methyl/N-ethyl adjacent to an activating group) is 1. The number of fused-ring (bicyclic) bond motifs is 2. The molecular weight excluding hydrogens is 843 g/mol. The Morgan fingerprint density at radius 2 is 1.80 bits per heavy atom. The molecule has 10 rings (SSSR count). The number of sulfonamides is 1. The van der Waals surface area contributed by atoms with Gasteiger partial charge >= 0.3 is 0 Å². The van der Waals surface area contributed by atoms with Crippen LogP contribution in [0, 0.1) is 5.41 Å². The molecule has 7 heterocycles. The van der Waals surface area contributed by atoms with E-state index in [1.807, 2.05) is 6.07 Å². The predicted molar refractivity (Wildman–Crippen MR) is 251 cm³/mol. The molecule has 5 aromatic rings. The van der Waals surface area contributed by atoms with E-state index in [1.165, 1.54) is 42.9 Å². The Morgan fingerprint density at radius 3 is 2.60 bits per heavy atom. The van der Waals surface area contributed by atoms with Crippen LogP contribution in [-0.4, -0.2) is 127 Å². The van der Waals surface area contributed by atoms with E-state index in [0.29, 0.717) is 47.1 Å². The van der Waals surface area contributed by atoms with Crippen LogP contribution in [0.15, 0.2) is 78.1 Å². The lowest BCUT2D eigenvalue weighted by Crippen LogP contribution is -2.55. The second kappa shape index (κ2) is 17.8. The second-order valence-corrected chi connectivity index (χ2v) is 21.0. The van der Waals surface area contributed by atoms with Crippen molar-refractivity contribution in [2.45, 2.75) is 87.7 Å². The number of hydrogen-bond acceptors (Lipinski definition) is 13. The molecule has 344 valence electrons. The van der Waals surface area contributed by atoms with Crippen molar-refractivity contribution in [2.75, 3.05) is 76.2 Å². The number of ether oxygens (including phenoxy) is 2. The van der Waals surface area contributed by atoms with E-state index in [4.69, 9.17) is 9.47 Å². The Balaban J connectivity index is 0.822. The van der Waals surface area contributed by atoms with Crippen molar-refractivity contribution in [1.29, 1.82) is 0 Å². The van der Waals surface area contributed by atoms with Crippen LogP contribution in [-0.2, 0) is 10.0 Å². The summed E-state index contributed by atoms with van der Waals surface area (Å²) in [7, 11) is -2.37. The summed E-state index contributed by atoms with van der Waals surface area (Å²) in [6.07, 6.45) is 12.7. The van der Waals surface area contributed by atoms with Gasteiger partial charge in [-0.25, -0.2) is 23.1 Å². The molecule has 1 saturated carbocycles. The van der Waals surface area contributed by atoms with E-state index >= 15 is 0 Å². The highest BCUT2D eigenvalue weighted by Crippen LogP contribution is 2.54. The first-order valence-electron chi connectivity index (χ1n) is 23.4. The smallest absolute Gasteiger partial charge is 0.287 e. The van der Waals surface area contributed by atoms with Crippen molar-refractivity contribution in [1.82, 2.24) is 34.4 Å². The van der Waals surface area contributed by atoms with Crippen molar-refractivity contribution in [2.24, 2.45) is 5.41 Å². The van der Waals surface area contributed by atoms with E-state index in [0.717, 1.165) is 88.8 Å². The first-order valence-corrected chi connectivity index (χ1v) is 24.8. The molecule has 0 radical (unpaired) electrons. The third-order valence-electron chi connectivity index (χ3n) is 14.7. The maximum absolute atomic E-state index is 14.0. The van der Waals surface area contributed by atoms with Gasteiger partial charge in [-0.2, -0.15) is 0 Å². The Morgan fingerprint density at radius 1 is 1.00 bits per heavy atom. The fraction of sp³-hybridized carbons (Fsp3) is 0.490. The van der Waals surface area contributed by atoms with Gasteiger partial charge in [-0.1, -0.05) is 38.1 Å². The second-order valence-electron chi connectivity index (χ2n) is 19.3. The number of hydrogen-bond donors (Lipinski definition) is 4. The zero-order valence-corrected chi connectivity index (χ0v) is 38.4. The summed E-state index contributed by atoms with van der Waals surface area (Å²) in [5, 5.41) is 15.2. The SMILES string of the molecule is CC(C)c1ccccc1[C@@H]1CCCN1C1CC2(CCN(c3cnc(C(=O)NS(=O)(=O)c4cc(O)c5c(c4)OC[C@H](CCN4CCN(C)CC4)N5)c(Oc4cnc5[nH]ccc5c4)c3)CC2)C1. The highest BCUT2D eigenvalue weighted by molar-refractivity contribution is 7.90. The molecule has 1 aliphatic carbocycles. The minimum atomic E-state index is -4.50. The molecule has 4 aliphatic heterocycles. The van der Waals surface area contributed by atoms with Crippen molar-refractivity contribution in [3.05, 3.63) is 90.0 Å². The molecule has 3 aromatic heterocycles. The number of piperazine rings is 1. The van der Waals surface area contributed by atoms with Crippen LogP contribution >= 0.6 is 0 Å². The van der Waals surface area contributed by atoms with E-state index in [9.17, 15) is 18.3 Å². The molecule has 65 heavy (non-hydrogen) atoms. The van der Waals surface area contributed by atoms with Crippen LogP contribution < -0.4 is 24.4 Å². The third kappa shape index (κ3) is 8.97. The number of likely N-dealkylation sites (tertiary alicyclic amines) is 1. The quantitative estimate of drug-likeness (QED) is 0.0938. The Bertz CT molecular complexity index is 2650. The maximum atomic E-state index is 14.0. The summed E-state index contributed by atoms with van der Waals surface area (Å²) in [4.78, 5) is 35.6. The van der Waals surface area contributed by atoms with Crippen LogP contribution in [0.3, 0.4) is 0 Å². The lowest BCUT2D eigenvalue weighted by molar-refractivity contribution is -0.0228. The average Bonchev–Trinajstić information content (AvgIpc) is 3.98. The van der Waals surface area contributed by atoms with Gasteiger partial charge in [0.1, 0.15) is 35.2 Å². The highest BCUT2D eigenvalue weighted by atomic mass is 32.2. The number of benzene rings is 2. The number of aromatic amines is 1. The minimum Gasteiger partial charge on any atom is -0.506 e. The number of rotatable bonds is 12. The normalized spacial score (nSPS) is 21.8. The number of phenolic OH excluding ortho intramolecular Hbond substituents is 1. The highest BCUT2D eigenvalue weighted by Gasteiger charge is 2.50. The number of nitrogens with one attached hydrogen (secondary N) is 3. The lowest BCUT2D eigenvalue weighted by Gasteiger charge is -2.56. The summed E-state index contributed by atoms with van der Waals surface area (Å²) in [5.74, 6) is -0.0959. The van der Waals surface area contributed by atoms with Gasteiger partial charge in [0.2, 0.25) is 0 Å². The van der Waals surface area contributed by atoms with Gasteiger partial charge in [-0.15, -0.1) is 0 Å². The number of phenols is 1. The van der Waals surface area contributed by atoms with E-state index in [2.05, 4.69) is 89.8 Å². The standard InChI is InChI=1S/C49H61N9O6S/c1-32(2)39-7-4-5-8-40(39)41-9-6-15-58(41)36-27-49(28-36)12-17-57(18-13-49)35-24-44(64-37-23-33-10-14-50-47(33)52-30-37)46(51-29-35)48(60)54-65(61,62)38-25-42(59)45-43(26-38)63-31-34(53-45)11-16-56-21-19-55(3)20-22-56/h4-5,7-8,10,14,23-26,29-30,32,34,36,41,53,59H,6,9,11-13,15-22,27-28,31H2,1-3H3,(H,50,52)(H,54,60)/t34-,41-/m0/s1. The van der Waals surface area contributed by atoms with Crippen LogP contribution in [0.4, 0.5) is 11.4 Å². The van der Waals surface area contributed by atoms with Crippen molar-refractivity contribution >= 4 is 38.3 Å². The molecule has 5 aliphatic rings. The molecule has 0 unspecified atom stereocenters. The monoisotopic (exact) mass is 903 g/mol. The van der Waals surface area contributed by atoms with Gasteiger partial charge in [0.15, 0.2) is 11.4 Å². The lowest BCUT2D eigenvalue weighted by atomic mass is 9.59. The number of carbonyl (C=O) groups is 1. The number of aromatic nitrogens is 3. The average molecular weight is 904 g/mol. The summed E-state index contributed by atoms with van der Waals surface area (Å²) >= 11 is 0. The minimum absolute atomic E-state index is 0.0566. The predicted octanol–water partition coefficient (Wildman–Crippen LogP) is 7.09. The Kier molecular flexibility index (Phi) is 11.9. The number of carbonyl (C=O) groups excluding carboxylic acids is 1. The summed E-state index contributed by atoms with van der Waals surface area (Å²) in [6, 6.07) is 17.9. The fourth-order valence-corrected chi connectivity index (χ4v) is 11.9. The first-order chi connectivity index (χ1) is 31.4. The molecule has 15 nitrogen and oxygen atoms in total. The van der Waals surface area contributed by atoms with Gasteiger partial charge in [0.05, 0.1) is 29.0 Å². The first kappa shape index (κ1) is 43.5. The van der Waals surface area contributed by atoms with Crippen molar-refractivity contribution < 1.29 is 27.8 Å². The number of anilines is 2. The largest absolute Gasteiger partial charge is 0.506 e. The maximum Gasteiger partial charge on any atom is 0.287 e. The molecule has 4 N–H and O–H groups in total. The van der Waals surface area contributed by atoms with Crippen molar-refractivity contribution in [3.8, 4) is 23.0 Å². The zero-order valence-electron chi connectivity index (χ0n) is 37.6. The number of nitrogens with zero attached hydrogens (tertiary/aromatic N) is 6. The molecule has 2 atom stereocenters. The number of amides is 1. The molecule has 3 saturated heterocycles. The molecule has 1 amide bonds. The number of H-pyrrole nitrogens is 1. The summed E-state index contributed by atoms with van der Waals surface area (Å²) in [6.45, 7) is 12.7. The van der Waals surface area contributed by atoms with E-state index in [-0.39, 0.29) is 33.9 Å². The number of piperidine rings is 1. The summed E-state index contributed by atoms with van der Waals surface area (Å²) in [5.41, 5.74) is 4.88. The molecule has 2 aromatic carbocycles.